The number of amides is 1. The molecule has 0 aliphatic rings. The summed E-state index contributed by atoms with van der Waals surface area (Å²) in [5, 5.41) is 12.1. The molecule has 0 aliphatic carbocycles. The summed E-state index contributed by atoms with van der Waals surface area (Å²) in [6.07, 6.45) is 0. The van der Waals surface area contributed by atoms with Crippen molar-refractivity contribution in [3.63, 3.8) is 0 Å². The third-order valence-electron chi connectivity index (χ3n) is 2.61. The van der Waals surface area contributed by atoms with Crippen molar-refractivity contribution in [2.45, 2.75) is 0 Å². The van der Waals surface area contributed by atoms with Crippen LogP contribution in [-0.4, -0.2) is 18.1 Å². The van der Waals surface area contributed by atoms with E-state index in [9.17, 15) is 14.3 Å². The average Bonchev–Trinajstić information content (AvgIpc) is 2.38. The number of carbonyl (C=O) groups excluding carboxylic acids is 1. The predicted octanol–water partition coefficient (Wildman–Crippen LogP) is 3.55. The molecule has 0 unspecified atom stereocenters. The van der Waals surface area contributed by atoms with Gasteiger partial charge in [0.2, 0.25) is 0 Å². The topological polar surface area (TPSA) is 58.6 Å². The maximum absolute atomic E-state index is 13.6. The highest BCUT2D eigenvalue weighted by atomic mass is 79.9. The molecule has 0 aliphatic heterocycles. The Morgan fingerprint density at radius 2 is 2.05 bits per heavy atom. The van der Waals surface area contributed by atoms with E-state index in [1.54, 1.807) is 12.1 Å². The Hall–Kier alpha value is -2.08. The number of ether oxygens (including phenoxy) is 1. The average molecular weight is 340 g/mol. The molecule has 1 amide bonds. The molecule has 0 saturated carbocycles. The summed E-state index contributed by atoms with van der Waals surface area (Å²) in [5.74, 6) is -1.05. The Bertz CT molecular complexity index is 661. The minimum Gasteiger partial charge on any atom is -0.504 e. The lowest BCUT2D eigenvalue weighted by Crippen LogP contribution is -2.13. The zero-order valence-electron chi connectivity index (χ0n) is 10.5. The van der Waals surface area contributed by atoms with Crippen LogP contribution in [0.1, 0.15) is 10.4 Å². The van der Waals surface area contributed by atoms with E-state index in [2.05, 4.69) is 21.2 Å². The minimum atomic E-state index is -0.630. The second-order valence-corrected chi connectivity index (χ2v) is 4.88. The van der Waals surface area contributed by atoms with Crippen molar-refractivity contribution >= 4 is 27.5 Å². The molecule has 0 bridgehead atoms. The second kappa shape index (κ2) is 5.92. The van der Waals surface area contributed by atoms with Gasteiger partial charge in [-0.2, -0.15) is 0 Å². The first-order valence-corrected chi connectivity index (χ1v) is 6.44. The van der Waals surface area contributed by atoms with Crippen LogP contribution in [0.4, 0.5) is 10.1 Å². The van der Waals surface area contributed by atoms with Crippen LogP contribution < -0.4 is 10.1 Å². The lowest BCUT2D eigenvalue weighted by Gasteiger charge is -2.08. The van der Waals surface area contributed by atoms with Crippen molar-refractivity contribution < 1.29 is 19.0 Å². The van der Waals surface area contributed by atoms with E-state index in [-0.39, 0.29) is 17.1 Å². The molecule has 0 aromatic heterocycles. The van der Waals surface area contributed by atoms with Crippen molar-refractivity contribution in [2.75, 3.05) is 12.4 Å². The Morgan fingerprint density at radius 3 is 2.65 bits per heavy atom. The van der Waals surface area contributed by atoms with E-state index < -0.39 is 11.7 Å². The summed E-state index contributed by atoms with van der Waals surface area (Å²) in [7, 11) is 1.42. The lowest BCUT2D eigenvalue weighted by atomic mass is 10.2. The molecule has 4 nitrogen and oxygen atoms in total. The Labute approximate surface area is 123 Å². The summed E-state index contributed by atoms with van der Waals surface area (Å²) in [6, 6.07) is 8.53. The number of aromatic hydroxyl groups is 1. The van der Waals surface area contributed by atoms with Gasteiger partial charge in [-0.1, -0.05) is 15.9 Å². The quantitative estimate of drug-likeness (QED) is 0.898. The standard InChI is InChI=1S/C14H11BrFNO3/c1-20-13-5-3-9(7-12(13)18)17-14(19)10-4-2-8(15)6-11(10)16/h2-7,18H,1H3,(H,17,19). The summed E-state index contributed by atoms with van der Waals surface area (Å²) >= 11 is 3.12. The zero-order chi connectivity index (χ0) is 14.7. The number of nitrogens with one attached hydrogen (secondary N) is 1. The number of halogens is 2. The van der Waals surface area contributed by atoms with Gasteiger partial charge >= 0.3 is 0 Å². The molecule has 0 radical (unpaired) electrons. The Morgan fingerprint density at radius 1 is 1.30 bits per heavy atom. The van der Waals surface area contributed by atoms with Crippen LogP contribution in [0.2, 0.25) is 0 Å². The molecule has 20 heavy (non-hydrogen) atoms. The van der Waals surface area contributed by atoms with Gasteiger partial charge in [0.15, 0.2) is 11.5 Å². The van der Waals surface area contributed by atoms with E-state index in [4.69, 9.17) is 4.74 Å². The first-order chi connectivity index (χ1) is 9.51. The molecule has 2 N–H and O–H groups in total. The van der Waals surface area contributed by atoms with Gasteiger partial charge in [-0.15, -0.1) is 0 Å². The molecule has 104 valence electrons. The van der Waals surface area contributed by atoms with E-state index >= 15 is 0 Å². The smallest absolute Gasteiger partial charge is 0.258 e. The summed E-state index contributed by atoms with van der Waals surface area (Å²) in [5.41, 5.74) is 0.263. The summed E-state index contributed by atoms with van der Waals surface area (Å²) < 4.78 is 19.1. The number of methoxy groups -OCH3 is 1. The maximum Gasteiger partial charge on any atom is 0.258 e. The number of rotatable bonds is 3. The molecular weight excluding hydrogens is 329 g/mol. The van der Waals surface area contributed by atoms with Crippen LogP contribution in [-0.2, 0) is 0 Å². The molecule has 0 fully saturated rings. The SMILES string of the molecule is COc1ccc(NC(=O)c2ccc(Br)cc2F)cc1O. The second-order valence-electron chi connectivity index (χ2n) is 3.96. The summed E-state index contributed by atoms with van der Waals surface area (Å²) in [6.45, 7) is 0. The maximum atomic E-state index is 13.6. The predicted molar refractivity (Wildman–Crippen MR) is 76.7 cm³/mol. The number of anilines is 1. The van der Waals surface area contributed by atoms with Gasteiger partial charge in [0.05, 0.1) is 12.7 Å². The third-order valence-corrected chi connectivity index (χ3v) is 3.11. The lowest BCUT2D eigenvalue weighted by molar-refractivity contribution is 0.102. The van der Waals surface area contributed by atoms with Gasteiger partial charge in [0.25, 0.3) is 5.91 Å². The number of hydrogen-bond donors (Lipinski definition) is 2. The normalized spacial score (nSPS) is 10.2. The van der Waals surface area contributed by atoms with Gasteiger partial charge in [-0.3, -0.25) is 4.79 Å². The molecule has 0 atom stereocenters. The molecule has 2 aromatic rings. The van der Waals surface area contributed by atoms with E-state index in [1.807, 2.05) is 0 Å². The molecular formula is C14H11BrFNO3. The van der Waals surface area contributed by atoms with Gasteiger partial charge in [0.1, 0.15) is 5.82 Å². The van der Waals surface area contributed by atoms with Crippen LogP contribution in [0.3, 0.4) is 0 Å². The van der Waals surface area contributed by atoms with E-state index in [0.29, 0.717) is 10.2 Å². The number of carbonyl (C=O) groups is 1. The fourth-order valence-corrected chi connectivity index (χ4v) is 1.97. The van der Waals surface area contributed by atoms with Crippen LogP contribution in [0.25, 0.3) is 0 Å². The first kappa shape index (κ1) is 14.3. The van der Waals surface area contributed by atoms with Gasteiger partial charge in [-0.05, 0) is 30.3 Å². The van der Waals surface area contributed by atoms with Crippen LogP contribution >= 0.6 is 15.9 Å². The fraction of sp³-hybridized carbons (Fsp3) is 0.0714. The molecule has 6 heteroatoms. The summed E-state index contributed by atoms with van der Waals surface area (Å²) in [4.78, 5) is 11.9. The third kappa shape index (κ3) is 3.08. The van der Waals surface area contributed by atoms with Gasteiger partial charge in [0, 0.05) is 16.2 Å². The fourth-order valence-electron chi connectivity index (χ4n) is 1.64. The molecule has 2 rings (SSSR count). The largest absolute Gasteiger partial charge is 0.504 e. The number of benzene rings is 2. The number of hydrogen-bond acceptors (Lipinski definition) is 3. The molecule has 0 heterocycles. The highest BCUT2D eigenvalue weighted by molar-refractivity contribution is 9.10. The molecule has 0 saturated heterocycles. The van der Waals surface area contributed by atoms with Crippen molar-refractivity contribution in [1.82, 2.24) is 0 Å². The van der Waals surface area contributed by atoms with Gasteiger partial charge < -0.3 is 15.2 Å². The van der Waals surface area contributed by atoms with E-state index in [0.717, 1.165) is 0 Å². The highest BCUT2D eigenvalue weighted by Gasteiger charge is 2.13. The van der Waals surface area contributed by atoms with Crippen molar-refractivity contribution in [3.05, 3.63) is 52.3 Å². The highest BCUT2D eigenvalue weighted by Crippen LogP contribution is 2.28. The first-order valence-electron chi connectivity index (χ1n) is 5.64. The Balaban J connectivity index is 2.21. The number of phenolic OH excluding ortho intramolecular Hbond substituents is 1. The van der Waals surface area contributed by atoms with Crippen molar-refractivity contribution in [3.8, 4) is 11.5 Å². The van der Waals surface area contributed by atoms with Crippen LogP contribution in [0.15, 0.2) is 40.9 Å². The number of phenols is 1. The zero-order valence-corrected chi connectivity index (χ0v) is 12.1. The molecule has 0 spiro atoms. The minimum absolute atomic E-state index is 0.0801. The Kier molecular flexibility index (Phi) is 4.24. The van der Waals surface area contributed by atoms with Crippen molar-refractivity contribution in [2.24, 2.45) is 0 Å². The van der Waals surface area contributed by atoms with Gasteiger partial charge in [-0.25, -0.2) is 4.39 Å². The van der Waals surface area contributed by atoms with E-state index in [1.165, 1.54) is 31.4 Å². The van der Waals surface area contributed by atoms with Crippen LogP contribution in [0.5, 0.6) is 11.5 Å². The van der Waals surface area contributed by atoms with Crippen molar-refractivity contribution in [1.29, 1.82) is 0 Å². The monoisotopic (exact) mass is 339 g/mol. The molecule has 2 aromatic carbocycles. The van der Waals surface area contributed by atoms with Crippen LogP contribution in [0, 0.1) is 5.82 Å².